The molecule has 3 nitrogen and oxygen atoms in total. The molecule has 1 atom stereocenters. The van der Waals surface area contributed by atoms with E-state index >= 15 is 0 Å². The smallest absolute Gasteiger partial charge is 0.121 e. The first kappa shape index (κ1) is 16.4. The van der Waals surface area contributed by atoms with Gasteiger partial charge in [-0.25, -0.2) is 0 Å². The van der Waals surface area contributed by atoms with E-state index in [-0.39, 0.29) is 0 Å². The van der Waals surface area contributed by atoms with Crippen LogP contribution in [0.5, 0.6) is 11.5 Å². The van der Waals surface area contributed by atoms with Gasteiger partial charge in [-0.3, -0.25) is 0 Å². The van der Waals surface area contributed by atoms with Crippen molar-refractivity contribution in [1.82, 2.24) is 5.32 Å². The zero-order chi connectivity index (χ0) is 15.9. The van der Waals surface area contributed by atoms with Crippen LogP contribution in [0.25, 0.3) is 0 Å². The molecule has 0 saturated carbocycles. The second-order valence-electron chi connectivity index (χ2n) is 5.45. The zero-order valence-electron chi connectivity index (χ0n) is 13.8. The fraction of sp³-hybridized carbons (Fsp3) is 0.368. The van der Waals surface area contributed by atoms with Crippen molar-refractivity contribution in [2.75, 3.05) is 27.8 Å². The Labute approximate surface area is 133 Å². The molecule has 0 spiro atoms. The van der Waals surface area contributed by atoms with Crippen LogP contribution in [0.1, 0.15) is 29.0 Å². The molecule has 1 unspecified atom stereocenters. The van der Waals surface area contributed by atoms with Crippen molar-refractivity contribution in [2.24, 2.45) is 0 Å². The third-order valence-corrected chi connectivity index (χ3v) is 4.02. The summed E-state index contributed by atoms with van der Waals surface area (Å²) in [4.78, 5) is 0. The van der Waals surface area contributed by atoms with Gasteiger partial charge >= 0.3 is 0 Å². The lowest BCUT2D eigenvalue weighted by atomic mass is 9.87. The molecule has 2 aromatic carbocycles. The second-order valence-corrected chi connectivity index (χ2v) is 5.45. The number of rotatable bonds is 7. The van der Waals surface area contributed by atoms with Crippen molar-refractivity contribution in [1.29, 1.82) is 0 Å². The van der Waals surface area contributed by atoms with Gasteiger partial charge < -0.3 is 14.8 Å². The Kier molecular flexibility index (Phi) is 5.84. The molecule has 0 amide bonds. The Morgan fingerprint density at radius 2 is 1.64 bits per heavy atom. The highest BCUT2D eigenvalue weighted by Crippen LogP contribution is 2.31. The SMILES string of the molecule is CNCCC(c1ccc(OC)cc1)c1ccc(OC)c(C)c1. The molecule has 0 saturated heterocycles. The molecule has 0 radical (unpaired) electrons. The van der Waals surface area contributed by atoms with Crippen LogP contribution in [0.15, 0.2) is 42.5 Å². The molecule has 2 rings (SSSR count). The van der Waals surface area contributed by atoms with Gasteiger partial charge in [-0.2, -0.15) is 0 Å². The van der Waals surface area contributed by atoms with Crippen LogP contribution in [0.4, 0.5) is 0 Å². The van der Waals surface area contributed by atoms with Crippen LogP contribution in [0.3, 0.4) is 0 Å². The molecular weight excluding hydrogens is 274 g/mol. The van der Waals surface area contributed by atoms with E-state index in [9.17, 15) is 0 Å². The summed E-state index contributed by atoms with van der Waals surface area (Å²) in [5, 5.41) is 3.25. The normalized spacial score (nSPS) is 12.0. The highest BCUT2D eigenvalue weighted by Gasteiger charge is 2.15. The van der Waals surface area contributed by atoms with Crippen molar-refractivity contribution in [3.63, 3.8) is 0 Å². The Bertz CT molecular complexity index is 593. The Hall–Kier alpha value is -2.00. The summed E-state index contributed by atoms with van der Waals surface area (Å²) < 4.78 is 10.6. The van der Waals surface area contributed by atoms with Gasteiger partial charge in [0.2, 0.25) is 0 Å². The first-order valence-electron chi connectivity index (χ1n) is 7.62. The van der Waals surface area contributed by atoms with Crippen LogP contribution in [0.2, 0.25) is 0 Å². The first-order chi connectivity index (χ1) is 10.7. The number of aryl methyl sites for hydroxylation is 1. The van der Waals surface area contributed by atoms with Gasteiger partial charge in [0.25, 0.3) is 0 Å². The van der Waals surface area contributed by atoms with Gasteiger partial charge in [0.05, 0.1) is 14.2 Å². The number of hydrogen-bond acceptors (Lipinski definition) is 3. The third kappa shape index (κ3) is 3.80. The summed E-state index contributed by atoms with van der Waals surface area (Å²) in [6, 6.07) is 14.8. The second kappa shape index (κ2) is 7.85. The largest absolute Gasteiger partial charge is 0.497 e. The van der Waals surface area contributed by atoms with Crippen molar-refractivity contribution in [3.8, 4) is 11.5 Å². The lowest BCUT2D eigenvalue weighted by Gasteiger charge is -2.19. The topological polar surface area (TPSA) is 30.5 Å². The molecule has 22 heavy (non-hydrogen) atoms. The molecule has 0 aliphatic carbocycles. The van der Waals surface area contributed by atoms with E-state index in [2.05, 4.69) is 42.6 Å². The highest BCUT2D eigenvalue weighted by molar-refractivity contribution is 5.42. The maximum Gasteiger partial charge on any atom is 0.121 e. The fourth-order valence-corrected chi connectivity index (χ4v) is 2.77. The summed E-state index contributed by atoms with van der Waals surface area (Å²) in [5.74, 6) is 2.19. The van der Waals surface area contributed by atoms with Gasteiger partial charge in [-0.1, -0.05) is 24.3 Å². The molecule has 0 aromatic heterocycles. The van der Waals surface area contributed by atoms with Crippen molar-refractivity contribution in [2.45, 2.75) is 19.3 Å². The summed E-state index contributed by atoms with van der Waals surface area (Å²) in [5.41, 5.74) is 3.79. The molecular formula is C19H25NO2. The quantitative estimate of drug-likeness (QED) is 0.844. The highest BCUT2D eigenvalue weighted by atomic mass is 16.5. The van der Waals surface area contributed by atoms with E-state index in [0.717, 1.165) is 24.5 Å². The van der Waals surface area contributed by atoms with E-state index in [0.29, 0.717) is 5.92 Å². The number of benzene rings is 2. The van der Waals surface area contributed by atoms with Crippen LogP contribution in [0, 0.1) is 6.92 Å². The predicted octanol–water partition coefficient (Wildman–Crippen LogP) is 3.75. The van der Waals surface area contributed by atoms with E-state index in [1.165, 1.54) is 16.7 Å². The van der Waals surface area contributed by atoms with Crippen molar-refractivity contribution in [3.05, 3.63) is 59.2 Å². The summed E-state index contributed by atoms with van der Waals surface area (Å²) in [7, 11) is 5.40. The van der Waals surface area contributed by atoms with Crippen LogP contribution >= 0.6 is 0 Å². The van der Waals surface area contributed by atoms with E-state index < -0.39 is 0 Å². The minimum Gasteiger partial charge on any atom is -0.497 e. The minimum atomic E-state index is 0.364. The Morgan fingerprint density at radius 1 is 0.955 bits per heavy atom. The first-order valence-corrected chi connectivity index (χ1v) is 7.62. The number of nitrogens with one attached hydrogen (secondary N) is 1. The van der Waals surface area contributed by atoms with Gasteiger partial charge in [-0.15, -0.1) is 0 Å². The Morgan fingerprint density at radius 3 is 2.18 bits per heavy atom. The predicted molar refractivity (Wildman–Crippen MR) is 91.1 cm³/mol. The summed E-state index contributed by atoms with van der Waals surface area (Å²) in [6.07, 6.45) is 1.05. The minimum absolute atomic E-state index is 0.364. The van der Waals surface area contributed by atoms with Crippen molar-refractivity contribution >= 4 is 0 Å². The van der Waals surface area contributed by atoms with Gasteiger partial charge in [-0.05, 0) is 61.8 Å². The third-order valence-electron chi connectivity index (χ3n) is 4.02. The molecule has 118 valence electrons. The fourth-order valence-electron chi connectivity index (χ4n) is 2.77. The van der Waals surface area contributed by atoms with Gasteiger partial charge in [0.15, 0.2) is 0 Å². The molecule has 0 aliphatic heterocycles. The number of methoxy groups -OCH3 is 2. The standard InChI is InChI=1S/C19H25NO2/c1-14-13-16(7-10-19(14)22-4)18(11-12-20-2)15-5-8-17(21-3)9-6-15/h5-10,13,18,20H,11-12H2,1-4H3. The molecule has 0 fully saturated rings. The molecule has 2 aromatic rings. The average molecular weight is 299 g/mol. The molecule has 0 heterocycles. The van der Waals surface area contributed by atoms with Crippen LogP contribution in [-0.4, -0.2) is 27.8 Å². The monoisotopic (exact) mass is 299 g/mol. The zero-order valence-corrected chi connectivity index (χ0v) is 13.8. The van der Waals surface area contributed by atoms with Gasteiger partial charge in [0.1, 0.15) is 11.5 Å². The van der Waals surface area contributed by atoms with Crippen molar-refractivity contribution < 1.29 is 9.47 Å². The van der Waals surface area contributed by atoms with E-state index in [4.69, 9.17) is 9.47 Å². The Balaban J connectivity index is 2.33. The summed E-state index contributed by atoms with van der Waals surface area (Å²) in [6.45, 7) is 3.06. The lowest BCUT2D eigenvalue weighted by Crippen LogP contribution is -2.13. The molecule has 1 N–H and O–H groups in total. The van der Waals surface area contributed by atoms with Crippen LogP contribution < -0.4 is 14.8 Å². The van der Waals surface area contributed by atoms with E-state index in [1.807, 2.05) is 19.2 Å². The van der Waals surface area contributed by atoms with E-state index in [1.54, 1.807) is 14.2 Å². The van der Waals surface area contributed by atoms with Gasteiger partial charge in [0, 0.05) is 5.92 Å². The maximum absolute atomic E-state index is 5.37. The summed E-state index contributed by atoms with van der Waals surface area (Å²) >= 11 is 0. The average Bonchev–Trinajstić information content (AvgIpc) is 2.56. The molecule has 3 heteroatoms. The molecule has 0 bridgehead atoms. The number of ether oxygens (including phenoxy) is 2. The number of hydrogen-bond donors (Lipinski definition) is 1. The lowest BCUT2D eigenvalue weighted by molar-refractivity contribution is 0.411. The maximum atomic E-state index is 5.37. The molecule has 0 aliphatic rings. The van der Waals surface area contributed by atoms with Crippen LogP contribution in [-0.2, 0) is 0 Å².